The minimum Gasteiger partial charge on any atom is -0.481 e. The Bertz CT molecular complexity index is 707. The summed E-state index contributed by atoms with van der Waals surface area (Å²) in [6.45, 7) is 6.17. The molecular formula is C22H30O4. The quantitative estimate of drug-likeness (QED) is 0.791. The van der Waals surface area contributed by atoms with Crippen molar-refractivity contribution in [3.63, 3.8) is 0 Å². The van der Waals surface area contributed by atoms with E-state index in [2.05, 4.69) is 19.9 Å². The Balaban J connectivity index is 1.70. The molecule has 4 rings (SSSR count). The maximum Gasteiger partial charge on any atom is 0.306 e. The standard InChI is InChI=1S/C22H30O4/c1-12(20(25)26)16-6-7-17-15-5-4-13-10-14(23)8-9-21(13,2)18(15)11-19(24)22(16,17)3/h8-10,12,15-19,24H,4-7,11H2,1-3H3,(H,25,26)/t12-,15-,16+,17-,18-,19-,21-,22+/m0/s1. The number of ketones is 1. The zero-order valence-electron chi connectivity index (χ0n) is 15.9. The van der Waals surface area contributed by atoms with Crippen LogP contribution in [0, 0.1) is 40.4 Å². The number of rotatable bonds is 2. The number of hydrogen-bond acceptors (Lipinski definition) is 3. The third kappa shape index (κ3) is 2.24. The molecule has 3 fully saturated rings. The van der Waals surface area contributed by atoms with E-state index in [4.69, 9.17) is 0 Å². The van der Waals surface area contributed by atoms with E-state index in [1.54, 1.807) is 19.1 Å². The third-order valence-electron chi connectivity index (χ3n) is 8.73. The van der Waals surface area contributed by atoms with Crippen molar-refractivity contribution in [1.29, 1.82) is 0 Å². The fraction of sp³-hybridized carbons (Fsp3) is 0.727. The summed E-state index contributed by atoms with van der Waals surface area (Å²) < 4.78 is 0. The monoisotopic (exact) mass is 358 g/mol. The van der Waals surface area contributed by atoms with Crippen molar-refractivity contribution in [2.75, 3.05) is 0 Å². The van der Waals surface area contributed by atoms with Crippen molar-refractivity contribution >= 4 is 11.8 Å². The third-order valence-corrected chi connectivity index (χ3v) is 8.73. The summed E-state index contributed by atoms with van der Waals surface area (Å²) in [6.07, 6.45) is 9.68. The number of hydrogen-bond donors (Lipinski definition) is 2. The van der Waals surface area contributed by atoms with Gasteiger partial charge in [-0.05, 0) is 67.9 Å². The molecule has 8 atom stereocenters. The van der Waals surface area contributed by atoms with Gasteiger partial charge in [0.2, 0.25) is 0 Å². The number of carbonyl (C=O) groups is 2. The van der Waals surface area contributed by atoms with Crippen LogP contribution in [-0.4, -0.2) is 28.1 Å². The number of allylic oxidation sites excluding steroid dienone is 4. The highest BCUT2D eigenvalue weighted by atomic mass is 16.4. The highest BCUT2D eigenvalue weighted by Gasteiger charge is 2.63. The molecule has 3 saturated carbocycles. The lowest BCUT2D eigenvalue weighted by molar-refractivity contribution is -0.155. The predicted octanol–water partition coefficient (Wildman–Crippen LogP) is 3.60. The van der Waals surface area contributed by atoms with Crippen LogP contribution in [-0.2, 0) is 9.59 Å². The zero-order chi connectivity index (χ0) is 18.9. The summed E-state index contributed by atoms with van der Waals surface area (Å²) in [4.78, 5) is 23.5. The molecule has 26 heavy (non-hydrogen) atoms. The first kappa shape index (κ1) is 18.0. The van der Waals surface area contributed by atoms with Crippen molar-refractivity contribution in [3.8, 4) is 0 Å². The van der Waals surface area contributed by atoms with E-state index in [1.165, 1.54) is 5.57 Å². The lowest BCUT2D eigenvalue weighted by Crippen LogP contribution is -2.56. The Labute approximate surface area is 155 Å². The zero-order valence-corrected chi connectivity index (χ0v) is 15.9. The lowest BCUT2D eigenvalue weighted by Gasteiger charge is -2.59. The highest BCUT2D eigenvalue weighted by molar-refractivity contribution is 6.01. The first-order valence-electron chi connectivity index (χ1n) is 10.0. The summed E-state index contributed by atoms with van der Waals surface area (Å²) in [5, 5.41) is 20.8. The molecule has 4 nitrogen and oxygen atoms in total. The molecule has 4 aliphatic carbocycles. The van der Waals surface area contributed by atoms with Gasteiger partial charge >= 0.3 is 5.97 Å². The average Bonchev–Trinajstić information content (AvgIpc) is 2.94. The van der Waals surface area contributed by atoms with Crippen molar-refractivity contribution in [1.82, 2.24) is 0 Å². The molecule has 0 aromatic heterocycles. The van der Waals surface area contributed by atoms with Gasteiger partial charge in [0.1, 0.15) is 0 Å². The fourth-order valence-corrected chi connectivity index (χ4v) is 7.19. The van der Waals surface area contributed by atoms with Gasteiger partial charge in [-0.25, -0.2) is 0 Å². The van der Waals surface area contributed by atoms with E-state index >= 15 is 0 Å². The number of carboxylic acid groups (broad SMARTS) is 1. The van der Waals surface area contributed by atoms with Crippen LogP contribution < -0.4 is 0 Å². The van der Waals surface area contributed by atoms with Gasteiger partial charge in [-0.15, -0.1) is 0 Å². The maximum absolute atomic E-state index is 11.8. The van der Waals surface area contributed by atoms with E-state index in [-0.39, 0.29) is 22.5 Å². The van der Waals surface area contributed by atoms with Gasteiger partial charge < -0.3 is 10.2 Å². The molecule has 4 aliphatic rings. The van der Waals surface area contributed by atoms with Crippen molar-refractivity contribution in [2.45, 2.75) is 59.0 Å². The maximum atomic E-state index is 11.8. The molecule has 2 N–H and O–H groups in total. The van der Waals surface area contributed by atoms with E-state index in [9.17, 15) is 19.8 Å². The van der Waals surface area contributed by atoms with Crippen LogP contribution in [0.15, 0.2) is 23.8 Å². The number of carbonyl (C=O) groups excluding carboxylic acids is 1. The van der Waals surface area contributed by atoms with Gasteiger partial charge in [-0.2, -0.15) is 0 Å². The van der Waals surface area contributed by atoms with Crippen LogP contribution >= 0.6 is 0 Å². The van der Waals surface area contributed by atoms with Gasteiger partial charge in [0, 0.05) is 10.8 Å². The van der Waals surface area contributed by atoms with Crippen molar-refractivity contribution in [3.05, 3.63) is 23.8 Å². The largest absolute Gasteiger partial charge is 0.481 e. The first-order valence-corrected chi connectivity index (χ1v) is 10.0. The summed E-state index contributed by atoms with van der Waals surface area (Å²) in [7, 11) is 0. The lowest BCUT2D eigenvalue weighted by atomic mass is 9.46. The normalized spacial score (nSPS) is 48.2. The van der Waals surface area contributed by atoms with Crippen LogP contribution in [0.3, 0.4) is 0 Å². The molecule has 142 valence electrons. The molecule has 0 spiro atoms. The van der Waals surface area contributed by atoms with Crippen LogP contribution in [0.1, 0.15) is 52.9 Å². The Morgan fingerprint density at radius 2 is 1.96 bits per heavy atom. The van der Waals surface area contributed by atoms with Gasteiger partial charge in [0.05, 0.1) is 12.0 Å². The number of carboxylic acids is 1. The summed E-state index contributed by atoms with van der Waals surface area (Å²) >= 11 is 0. The van der Waals surface area contributed by atoms with Crippen molar-refractivity contribution < 1.29 is 19.8 Å². The van der Waals surface area contributed by atoms with Gasteiger partial charge in [-0.3, -0.25) is 9.59 Å². The van der Waals surface area contributed by atoms with Crippen LogP contribution in [0.25, 0.3) is 0 Å². The Morgan fingerprint density at radius 1 is 1.23 bits per heavy atom. The second kappa shape index (κ2) is 5.79. The number of aliphatic hydroxyl groups excluding tert-OH is 1. The summed E-state index contributed by atoms with van der Waals surface area (Å²) in [5.41, 5.74) is 0.760. The summed E-state index contributed by atoms with van der Waals surface area (Å²) in [6, 6.07) is 0. The SMILES string of the molecule is C[C@H](C(=O)O)[C@H]1CC[C@H]2[C@@H]3CCC4=CC(=O)C=C[C@]4(C)[C@H]3C[C@H](O)[C@]12C. The van der Waals surface area contributed by atoms with Gasteiger partial charge in [0.15, 0.2) is 5.78 Å². The molecule has 4 heteroatoms. The van der Waals surface area contributed by atoms with E-state index in [0.717, 1.165) is 25.7 Å². The van der Waals surface area contributed by atoms with E-state index in [1.807, 2.05) is 0 Å². The Hall–Kier alpha value is -1.42. The smallest absolute Gasteiger partial charge is 0.306 e. The summed E-state index contributed by atoms with van der Waals surface area (Å²) in [5.74, 6) is 0.141. The number of aliphatic carboxylic acids is 1. The molecule has 0 aliphatic heterocycles. The molecule has 0 saturated heterocycles. The molecule has 0 amide bonds. The van der Waals surface area contributed by atoms with Crippen LogP contribution in [0.5, 0.6) is 0 Å². The molecule has 0 bridgehead atoms. The van der Waals surface area contributed by atoms with Crippen LogP contribution in [0.4, 0.5) is 0 Å². The van der Waals surface area contributed by atoms with Gasteiger partial charge in [-0.1, -0.05) is 32.4 Å². The topological polar surface area (TPSA) is 74.6 Å². The minimum atomic E-state index is -0.749. The molecule has 0 radical (unpaired) electrons. The van der Waals surface area contributed by atoms with Crippen molar-refractivity contribution in [2.24, 2.45) is 40.4 Å². The highest BCUT2D eigenvalue weighted by Crippen LogP contribution is 2.66. The van der Waals surface area contributed by atoms with Gasteiger partial charge in [0.25, 0.3) is 0 Å². The van der Waals surface area contributed by atoms with E-state index in [0.29, 0.717) is 24.2 Å². The number of fused-ring (bicyclic) bond motifs is 5. The second-order valence-electron chi connectivity index (χ2n) is 9.53. The second-order valence-corrected chi connectivity index (χ2v) is 9.53. The number of aliphatic hydroxyl groups is 1. The molecule has 0 unspecified atom stereocenters. The molecule has 0 aromatic rings. The molecule has 0 aromatic carbocycles. The predicted molar refractivity (Wildman–Crippen MR) is 98.3 cm³/mol. The molecule has 0 heterocycles. The first-order chi connectivity index (χ1) is 12.2. The Kier molecular flexibility index (Phi) is 4.00. The minimum absolute atomic E-state index is 0.0363. The van der Waals surface area contributed by atoms with E-state index < -0.39 is 18.0 Å². The van der Waals surface area contributed by atoms with Crippen LogP contribution in [0.2, 0.25) is 0 Å². The fourth-order valence-electron chi connectivity index (χ4n) is 7.19. The average molecular weight is 358 g/mol. The Morgan fingerprint density at radius 3 is 2.65 bits per heavy atom. The molecular weight excluding hydrogens is 328 g/mol.